The van der Waals surface area contributed by atoms with Crippen molar-refractivity contribution in [3.05, 3.63) is 87.7 Å². The molecule has 1 saturated heterocycles. The van der Waals surface area contributed by atoms with E-state index in [0.717, 1.165) is 5.56 Å². The number of nitrogens with one attached hydrogen (secondary N) is 1. The van der Waals surface area contributed by atoms with Gasteiger partial charge >= 0.3 is 0 Å². The van der Waals surface area contributed by atoms with Crippen LogP contribution in [-0.2, 0) is 11.3 Å². The quantitative estimate of drug-likeness (QED) is 0.439. The van der Waals surface area contributed by atoms with Crippen LogP contribution in [0.3, 0.4) is 0 Å². The largest absolute Gasteiger partial charge is 0.357 e. The minimum Gasteiger partial charge on any atom is -0.357 e. The first kappa shape index (κ1) is 22.4. The number of carbonyl (C=O) groups is 1. The van der Waals surface area contributed by atoms with Gasteiger partial charge < -0.3 is 10.2 Å². The minimum atomic E-state index is -0.421. The molecule has 0 saturated carbocycles. The maximum Gasteiger partial charge on any atom is 0.295 e. The molecule has 0 aliphatic carbocycles. The topological polar surface area (TPSA) is 88.4 Å². The predicted molar refractivity (Wildman–Crippen MR) is 124 cm³/mol. The van der Waals surface area contributed by atoms with Gasteiger partial charge in [-0.3, -0.25) is 14.9 Å². The summed E-state index contributed by atoms with van der Waals surface area (Å²) in [4.78, 5) is 30.3. The molecule has 1 aliphatic heterocycles. The number of nitrogens with zero attached hydrogens (tertiary/aromatic N) is 3. The maximum absolute atomic E-state index is 13.7. The number of pyridine rings is 1. The molecule has 8 heteroatoms. The van der Waals surface area contributed by atoms with Crippen LogP contribution in [0.15, 0.2) is 60.7 Å². The van der Waals surface area contributed by atoms with Gasteiger partial charge in [0.2, 0.25) is 5.91 Å². The fraction of sp³-hybridized carbons (Fsp3) is 0.280. The summed E-state index contributed by atoms with van der Waals surface area (Å²) in [6.07, 6.45) is 1.29. The third-order valence-corrected chi connectivity index (χ3v) is 6.00. The van der Waals surface area contributed by atoms with Crippen LogP contribution >= 0.6 is 0 Å². The van der Waals surface area contributed by atoms with Crippen molar-refractivity contribution < 1.29 is 14.1 Å². The van der Waals surface area contributed by atoms with E-state index in [1.807, 2.05) is 24.3 Å². The molecule has 33 heavy (non-hydrogen) atoms. The van der Waals surface area contributed by atoms with E-state index in [-0.39, 0.29) is 23.3 Å². The highest BCUT2D eigenvalue weighted by Crippen LogP contribution is 2.31. The smallest absolute Gasteiger partial charge is 0.295 e. The molecule has 4 rings (SSSR count). The molecule has 1 N–H and O–H groups in total. The number of aromatic nitrogens is 1. The number of anilines is 1. The molecule has 0 spiro atoms. The van der Waals surface area contributed by atoms with Gasteiger partial charge in [0.25, 0.3) is 5.69 Å². The second-order valence-corrected chi connectivity index (χ2v) is 8.22. The van der Waals surface area contributed by atoms with Crippen molar-refractivity contribution in [2.24, 2.45) is 5.92 Å². The lowest BCUT2D eigenvalue weighted by Gasteiger charge is -2.32. The van der Waals surface area contributed by atoms with E-state index in [0.29, 0.717) is 55.1 Å². The Morgan fingerprint density at radius 3 is 2.55 bits per heavy atom. The molecular formula is C25H25FN4O3. The monoisotopic (exact) mass is 448 g/mol. The second-order valence-electron chi connectivity index (χ2n) is 8.22. The fourth-order valence-corrected chi connectivity index (χ4v) is 4.02. The van der Waals surface area contributed by atoms with Gasteiger partial charge in [0.15, 0.2) is 5.69 Å². The van der Waals surface area contributed by atoms with Crippen molar-refractivity contribution in [3.63, 3.8) is 0 Å². The van der Waals surface area contributed by atoms with Gasteiger partial charge in [-0.2, -0.15) is 0 Å². The van der Waals surface area contributed by atoms with Crippen LogP contribution in [0.25, 0.3) is 11.3 Å². The average Bonchev–Trinajstić information content (AvgIpc) is 2.84. The van der Waals surface area contributed by atoms with E-state index >= 15 is 0 Å². The van der Waals surface area contributed by atoms with Crippen molar-refractivity contribution in [2.45, 2.75) is 26.3 Å². The SMILES string of the molecule is Cc1ccc(CNC(=O)C2CCN(c3ccc([N+](=O)[O-])c(-c4ccccc4)n3)CC2)cc1F. The van der Waals surface area contributed by atoms with Crippen molar-refractivity contribution in [1.29, 1.82) is 0 Å². The Hall–Kier alpha value is -3.81. The predicted octanol–water partition coefficient (Wildman–Crippen LogP) is 4.64. The molecule has 0 radical (unpaired) electrons. The molecule has 0 atom stereocenters. The van der Waals surface area contributed by atoms with Crippen LogP contribution in [0.5, 0.6) is 0 Å². The molecule has 7 nitrogen and oxygen atoms in total. The zero-order chi connectivity index (χ0) is 23.4. The molecular weight excluding hydrogens is 423 g/mol. The van der Waals surface area contributed by atoms with Gasteiger partial charge in [0, 0.05) is 37.2 Å². The summed E-state index contributed by atoms with van der Waals surface area (Å²) in [5, 5.41) is 14.4. The number of carbonyl (C=O) groups excluding carboxylic acids is 1. The standard InChI is InChI=1S/C25H25FN4O3/c1-17-7-8-18(15-21(17)26)16-27-25(31)20-11-13-29(14-12-20)23-10-9-22(30(32)33)24(28-23)19-5-3-2-4-6-19/h2-10,15,20H,11-14,16H2,1H3,(H,27,31). The molecule has 2 aromatic carbocycles. The van der Waals surface area contributed by atoms with Crippen LogP contribution in [0, 0.1) is 28.8 Å². The highest BCUT2D eigenvalue weighted by Gasteiger charge is 2.27. The molecule has 1 aromatic heterocycles. The van der Waals surface area contributed by atoms with E-state index in [1.165, 1.54) is 12.1 Å². The highest BCUT2D eigenvalue weighted by atomic mass is 19.1. The number of benzene rings is 2. The number of nitro groups is 1. The zero-order valence-electron chi connectivity index (χ0n) is 18.3. The van der Waals surface area contributed by atoms with E-state index in [4.69, 9.17) is 0 Å². The van der Waals surface area contributed by atoms with Gasteiger partial charge in [-0.25, -0.2) is 9.37 Å². The molecule has 170 valence electrons. The Bertz CT molecular complexity index is 1160. The molecule has 1 fully saturated rings. The Morgan fingerprint density at radius 1 is 1.15 bits per heavy atom. The van der Waals surface area contributed by atoms with Gasteiger partial charge in [-0.1, -0.05) is 42.5 Å². The Labute approximate surface area is 191 Å². The van der Waals surface area contributed by atoms with E-state index in [1.54, 1.807) is 31.2 Å². The lowest BCUT2D eigenvalue weighted by Crippen LogP contribution is -2.40. The van der Waals surface area contributed by atoms with E-state index in [9.17, 15) is 19.3 Å². The first-order valence-corrected chi connectivity index (χ1v) is 10.9. The summed E-state index contributed by atoms with van der Waals surface area (Å²) < 4.78 is 13.7. The van der Waals surface area contributed by atoms with Crippen LogP contribution < -0.4 is 10.2 Å². The minimum absolute atomic E-state index is 0.0354. The average molecular weight is 448 g/mol. The molecule has 1 amide bonds. The van der Waals surface area contributed by atoms with Crippen LogP contribution in [0.2, 0.25) is 0 Å². The number of hydrogen-bond donors (Lipinski definition) is 1. The summed E-state index contributed by atoms with van der Waals surface area (Å²) in [6.45, 7) is 3.24. The number of amides is 1. The lowest BCUT2D eigenvalue weighted by molar-refractivity contribution is -0.384. The second kappa shape index (κ2) is 9.77. The Balaban J connectivity index is 1.39. The summed E-state index contributed by atoms with van der Waals surface area (Å²) in [7, 11) is 0. The van der Waals surface area contributed by atoms with Crippen molar-refractivity contribution in [2.75, 3.05) is 18.0 Å². The third kappa shape index (κ3) is 5.16. The number of piperidine rings is 1. The Kier molecular flexibility index (Phi) is 6.63. The first-order valence-electron chi connectivity index (χ1n) is 10.9. The number of rotatable bonds is 6. The highest BCUT2D eigenvalue weighted by molar-refractivity contribution is 5.79. The summed E-state index contributed by atoms with van der Waals surface area (Å²) >= 11 is 0. The molecule has 3 aromatic rings. The first-order chi connectivity index (χ1) is 15.9. The summed E-state index contributed by atoms with van der Waals surface area (Å²) in [5.41, 5.74) is 2.29. The fourth-order valence-electron chi connectivity index (χ4n) is 4.02. The van der Waals surface area contributed by atoms with Gasteiger partial charge in [-0.05, 0) is 43.0 Å². The van der Waals surface area contributed by atoms with Crippen molar-refractivity contribution in [3.8, 4) is 11.3 Å². The zero-order valence-corrected chi connectivity index (χ0v) is 18.3. The molecule has 0 unspecified atom stereocenters. The number of halogens is 1. The molecule has 1 aliphatic rings. The van der Waals surface area contributed by atoms with E-state index < -0.39 is 4.92 Å². The van der Waals surface area contributed by atoms with Crippen LogP contribution in [0.4, 0.5) is 15.9 Å². The van der Waals surface area contributed by atoms with Gasteiger partial charge in [0.1, 0.15) is 11.6 Å². The number of aryl methyl sites for hydroxylation is 1. The summed E-state index contributed by atoms with van der Waals surface area (Å²) in [5.74, 6) is 0.203. The molecule has 0 bridgehead atoms. The Morgan fingerprint density at radius 2 is 1.88 bits per heavy atom. The maximum atomic E-state index is 13.7. The lowest BCUT2D eigenvalue weighted by atomic mass is 9.95. The third-order valence-electron chi connectivity index (χ3n) is 6.00. The van der Waals surface area contributed by atoms with Crippen molar-refractivity contribution in [1.82, 2.24) is 10.3 Å². The van der Waals surface area contributed by atoms with E-state index in [2.05, 4.69) is 15.2 Å². The molecule has 2 heterocycles. The van der Waals surface area contributed by atoms with Crippen molar-refractivity contribution >= 4 is 17.4 Å². The van der Waals surface area contributed by atoms with Gasteiger partial charge in [0.05, 0.1) is 4.92 Å². The van der Waals surface area contributed by atoms with Crippen LogP contribution in [-0.4, -0.2) is 28.9 Å². The van der Waals surface area contributed by atoms with Gasteiger partial charge in [-0.15, -0.1) is 0 Å². The summed E-state index contributed by atoms with van der Waals surface area (Å²) in [6, 6.07) is 17.2. The van der Waals surface area contributed by atoms with Crippen LogP contribution in [0.1, 0.15) is 24.0 Å². The normalized spacial score (nSPS) is 14.2. The number of hydrogen-bond acceptors (Lipinski definition) is 5.